The van der Waals surface area contributed by atoms with Crippen molar-refractivity contribution in [1.29, 1.82) is 5.26 Å². The zero-order chi connectivity index (χ0) is 9.73. The largest absolute Gasteiger partial charge is 0.396 e. The van der Waals surface area contributed by atoms with Crippen LogP contribution >= 0.6 is 0 Å². The first-order chi connectivity index (χ1) is 6.22. The zero-order valence-corrected chi connectivity index (χ0v) is 8.21. The molecular weight excluding hydrogens is 164 g/mol. The first-order valence-electron chi connectivity index (χ1n) is 4.95. The lowest BCUT2D eigenvalue weighted by Gasteiger charge is -2.32. The molecule has 2 N–H and O–H groups in total. The van der Waals surface area contributed by atoms with E-state index in [2.05, 4.69) is 11.4 Å². The lowest BCUT2D eigenvalue weighted by molar-refractivity contribution is 0.166. The number of aliphatic hydroxyl groups is 1. The van der Waals surface area contributed by atoms with E-state index < -0.39 is 0 Å². The van der Waals surface area contributed by atoms with E-state index in [1.165, 1.54) is 0 Å². The Kier molecular flexibility index (Phi) is 3.71. The summed E-state index contributed by atoms with van der Waals surface area (Å²) in [6.45, 7) is 4.06. The molecule has 74 valence electrons. The number of aliphatic hydroxyl groups excluding tert-OH is 1. The molecule has 0 saturated carbocycles. The van der Waals surface area contributed by atoms with Gasteiger partial charge in [-0.15, -0.1) is 0 Å². The van der Waals surface area contributed by atoms with Crippen LogP contribution in [0.2, 0.25) is 0 Å². The van der Waals surface area contributed by atoms with Gasteiger partial charge in [-0.25, -0.2) is 0 Å². The minimum Gasteiger partial charge on any atom is -0.396 e. The fourth-order valence-corrected chi connectivity index (χ4v) is 2.00. The molecule has 0 bridgehead atoms. The smallest absolute Gasteiger partial charge is 0.0690 e. The van der Waals surface area contributed by atoms with Gasteiger partial charge in [0.15, 0.2) is 0 Å². The monoisotopic (exact) mass is 182 g/mol. The fourth-order valence-electron chi connectivity index (χ4n) is 2.00. The summed E-state index contributed by atoms with van der Waals surface area (Å²) in [6, 6.07) is 2.43. The van der Waals surface area contributed by atoms with Crippen LogP contribution in [0.4, 0.5) is 0 Å². The number of rotatable bonds is 3. The van der Waals surface area contributed by atoms with E-state index in [-0.39, 0.29) is 17.9 Å². The fraction of sp³-hybridized carbons (Fsp3) is 0.900. The van der Waals surface area contributed by atoms with Crippen molar-refractivity contribution in [2.24, 2.45) is 11.3 Å². The van der Waals surface area contributed by atoms with Crippen molar-refractivity contribution in [3.05, 3.63) is 0 Å². The first-order valence-corrected chi connectivity index (χ1v) is 4.95. The summed E-state index contributed by atoms with van der Waals surface area (Å²) >= 11 is 0. The molecule has 3 nitrogen and oxygen atoms in total. The van der Waals surface area contributed by atoms with Gasteiger partial charge in [-0.3, -0.25) is 0 Å². The molecule has 1 fully saturated rings. The highest BCUT2D eigenvalue weighted by molar-refractivity contribution is 5.02. The van der Waals surface area contributed by atoms with Crippen molar-refractivity contribution in [2.75, 3.05) is 19.7 Å². The second kappa shape index (κ2) is 4.59. The average Bonchev–Trinajstić information content (AvgIpc) is 2.19. The topological polar surface area (TPSA) is 56.0 Å². The molecule has 1 atom stereocenters. The quantitative estimate of drug-likeness (QED) is 0.681. The maximum atomic E-state index is 9.13. The van der Waals surface area contributed by atoms with E-state index in [0.29, 0.717) is 0 Å². The molecule has 1 aliphatic heterocycles. The second-order valence-electron chi connectivity index (χ2n) is 4.13. The highest BCUT2D eigenvalue weighted by Crippen LogP contribution is 2.34. The highest BCUT2D eigenvalue weighted by atomic mass is 16.3. The summed E-state index contributed by atoms with van der Waals surface area (Å²) < 4.78 is 0. The number of nitrogens with one attached hydrogen (secondary N) is 1. The standard InChI is InChI=1S/C10H18N2O/c1-9(7-13)6-10(8-11)2-4-12-5-3-10/h9,12-13H,2-7H2,1H3. The Morgan fingerprint density at radius 3 is 2.62 bits per heavy atom. The second-order valence-corrected chi connectivity index (χ2v) is 4.13. The third kappa shape index (κ3) is 2.68. The van der Waals surface area contributed by atoms with Crippen molar-refractivity contribution in [3.8, 4) is 6.07 Å². The number of hydrogen-bond donors (Lipinski definition) is 2. The lowest BCUT2D eigenvalue weighted by atomic mass is 9.74. The van der Waals surface area contributed by atoms with E-state index in [0.717, 1.165) is 32.4 Å². The van der Waals surface area contributed by atoms with Crippen LogP contribution in [0.5, 0.6) is 0 Å². The SMILES string of the molecule is CC(CO)CC1(C#N)CCNCC1. The van der Waals surface area contributed by atoms with E-state index >= 15 is 0 Å². The number of piperidine rings is 1. The Morgan fingerprint density at radius 2 is 2.15 bits per heavy atom. The molecule has 0 aromatic rings. The van der Waals surface area contributed by atoms with Crippen molar-refractivity contribution >= 4 is 0 Å². The normalized spacial score (nSPS) is 23.5. The van der Waals surface area contributed by atoms with Crippen molar-refractivity contribution in [2.45, 2.75) is 26.2 Å². The molecule has 1 saturated heterocycles. The molecule has 0 amide bonds. The summed E-state index contributed by atoms with van der Waals surface area (Å²) in [5, 5.41) is 21.3. The number of hydrogen-bond acceptors (Lipinski definition) is 3. The van der Waals surface area contributed by atoms with Crippen LogP contribution in [0.3, 0.4) is 0 Å². The van der Waals surface area contributed by atoms with Gasteiger partial charge in [0.05, 0.1) is 11.5 Å². The minimum absolute atomic E-state index is 0.173. The van der Waals surface area contributed by atoms with Crippen molar-refractivity contribution in [3.63, 3.8) is 0 Å². The van der Waals surface area contributed by atoms with Gasteiger partial charge in [0.2, 0.25) is 0 Å². The highest BCUT2D eigenvalue weighted by Gasteiger charge is 2.33. The maximum absolute atomic E-state index is 9.13. The van der Waals surface area contributed by atoms with E-state index in [1.807, 2.05) is 6.92 Å². The Balaban J connectivity index is 2.53. The molecule has 0 spiro atoms. The van der Waals surface area contributed by atoms with Gasteiger partial charge in [-0.1, -0.05) is 6.92 Å². The minimum atomic E-state index is -0.173. The van der Waals surface area contributed by atoms with Gasteiger partial charge in [-0.2, -0.15) is 5.26 Å². The van der Waals surface area contributed by atoms with E-state index in [1.54, 1.807) is 0 Å². The van der Waals surface area contributed by atoms with Crippen LogP contribution in [-0.2, 0) is 0 Å². The van der Waals surface area contributed by atoms with Crippen LogP contribution in [0.25, 0.3) is 0 Å². The van der Waals surface area contributed by atoms with Crippen molar-refractivity contribution in [1.82, 2.24) is 5.32 Å². The molecule has 13 heavy (non-hydrogen) atoms. The summed E-state index contributed by atoms with van der Waals surface area (Å²) in [7, 11) is 0. The van der Waals surface area contributed by atoms with Crippen molar-refractivity contribution < 1.29 is 5.11 Å². The summed E-state index contributed by atoms with van der Waals surface area (Å²) in [6.07, 6.45) is 2.68. The van der Waals surface area contributed by atoms with E-state index in [4.69, 9.17) is 10.4 Å². The van der Waals surface area contributed by atoms with Crippen LogP contribution in [-0.4, -0.2) is 24.8 Å². The molecule has 0 aromatic carbocycles. The molecule has 0 aliphatic carbocycles. The third-order valence-electron chi connectivity index (χ3n) is 2.85. The average molecular weight is 182 g/mol. The summed E-state index contributed by atoms with van der Waals surface area (Å²) in [5.74, 6) is 0.248. The third-order valence-corrected chi connectivity index (χ3v) is 2.85. The molecule has 3 heteroatoms. The van der Waals surface area contributed by atoms with Crippen LogP contribution < -0.4 is 5.32 Å². The molecule has 1 aliphatic rings. The molecule has 0 aromatic heterocycles. The Hall–Kier alpha value is -0.590. The van der Waals surface area contributed by atoms with Gasteiger partial charge >= 0.3 is 0 Å². The zero-order valence-electron chi connectivity index (χ0n) is 8.21. The lowest BCUT2D eigenvalue weighted by Crippen LogP contribution is -2.37. The van der Waals surface area contributed by atoms with E-state index in [9.17, 15) is 0 Å². The number of nitrogens with zero attached hydrogens (tertiary/aromatic N) is 1. The van der Waals surface area contributed by atoms with Gasteiger partial charge < -0.3 is 10.4 Å². The van der Waals surface area contributed by atoms with Crippen LogP contribution in [0.1, 0.15) is 26.2 Å². The summed E-state index contributed by atoms with van der Waals surface area (Å²) in [4.78, 5) is 0. The van der Waals surface area contributed by atoms with Gasteiger partial charge in [-0.05, 0) is 38.3 Å². The molecule has 1 heterocycles. The Labute approximate surface area is 79.8 Å². The molecule has 1 unspecified atom stereocenters. The molecule has 1 rings (SSSR count). The van der Waals surface area contributed by atoms with Crippen LogP contribution in [0.15, 0.2) is 0 Å². The predicted octanol–water partition coefficient (Wildman–Crippen LogP) is 0.898. The first kappa shape index (κ1) is 10.5. The maximum Gasteiger partial charge on any atom is 0.0690 e. The predicted molar refractivity (Wildman–Crippen MR) is 51.0 cm³/mol. The Bertz CT molecular complexity index is 192. The van der Waals surface area contributed by atoms with Crippen LogP contribution in [0, 0.1) is 22.7 Å². The van der Waals surface area contributed by atoms with Gasteiger partial charge in [0.1, 0.15) is 0 Å². The van der Waals surface area contributed by atoms with Gasteiger partial charge in [0, 0.05) is 6.61 Å². The molecule has 0 radical (unpaired) electrons. The molecular formula is C10H18N2O. The summed E-state index contributed by atoms with van der Waals surface area (Å²) in [5.41, 5.74) is -0.173. The van der Waals surface area contributed by atoms with Gasteiger partial charge in [0.25, 0.3) is 0 Å². The number of nitriles is 1. The Morgan fingerprint density at radius 1 is 1.54 bits per heavy atom.